The number of nitrogens with one attached hydrogen (secondary N) is 1. The molecule has 1 saturated heterocycles. The first-order valence-corrected chi connectivity index (χ1v) is 6.88. The fraction of sp³-hybridized carbons (Fsp3) is 0.500. The topological polar surface area (TPSA) is 55.2 Å². The van der Waals surface area contributed by atoms with Crippen molar-refractivity contribution in [1.82, 2.24) is 5.32 Å². The van der Waals surface area contributed by atoms with Crippen LogP contribution in [0.4, 0.5) is 5.69 Å². The van der Waals surface area contributed by atoms with E-state index in [1.807, 2.05) is 24.8 Å². The van der Waals surface area contributed by atoms with Crippen molar-refractivity contribution < 1.29 is 4.92 Å². The quantitative estimate of drug-likeness (QED) is 0.660. The van der Waals surface area contributed by atoms with E-state index in [4.69, 9.17) is 0 Å². The first kappa shape index (κ1) is 12.4. The standard InChI is InChI=1S/C12H16N2O2S/c1-9-10(3-2-4-12(9)14(15)16)7-13-11-5-6-17-8-11/h2-4,11,13H,5-8H2,1H3. The van der Waals surface area contributed by atoms with E-state index in [1.54, 1.807) is 12.1 Å². The minimum atomic E-state index is -0.315. The Morgan fingerprint density at radius 2 is 2.41 bits per heavy atom. The zero-order valence-corrected chi connectivity index (χ0v) is 10.6. The molecule has 4 nitrogen and oxygen atoms in total. The van der Waals surface area contributed by atoms with E-state index in [2.05, 4.69) is 5.32 Å². The Bertz CT molecular complexity index is 417. The highest BCUT2D eigenvalue weighted by molar-refractivity contribution is 7.99. The molecule has 17 heavy (non-hydrogen) atoms. The number of nitrogens with zero attached hydrogens (tertiary/aromatic N) is 1. The van der Waals surface area contributed by atoms with E-state index in [9.17, 15) is 10.1 Å². The van der Waals surface area contributed by atoms with E-state index >= 15 is 0 Å². The van der Waals surface area contributed by atoms with E-state index in [0.717, 1.165) is 23.4 Å². The average Bonchev–Trinajstić information content (AvgIpc) is 2.80. The maximum Gasteiger partial charge on any atom is 0.272 e. The van der Waals surface area contributed by atoms with Crippen LogP contribution in [-0.4, -0.2) is 22.5 Å². The number of thioether (sulfide) groups is 1. The summed E-state index contributed by atoms with van der Waals surface area (Å²) in [6.07, 6.45) is 1.19. The van der Waals surface area contributed by atoms with Crippen LogP contribution in [0.1, 0.15) is 17.5 Å². The molecular weight excluding hydrogens is 236 g/mol. The van der Waals surface area contributed by atoms with Gasteiger partial charge >= 0.3 is 0 Å². The van der Waals surface area contributed by atoms with Gasteiger partial charge in [0.1, 0.15) is 0 Å². The van der Waals surface area contributed by atoms with Gasteiger partial charge in [-0.3, -0.25) is 10.1 Å². The maximum atomic E-state index is 10.8. The molecule has 1 unspecified atom stereocenters. The van der Waals surface area contributed by atoms with Crippen LogP contribution in [0, 0.1) is 17.0 Å². The normalized spacial score (nSPS) is 19.5. The summed E-state index contributed by atoms with van der Waals surface area (Å²) in [4.78, 5) is 10.5. The lowest BCUT2D eigenvalue weighted by atomic mass is 10.1. The molecular formula is C12H16N2O2S. The monoisotopic (exact) mass is 252 g/mol. The summed E-state index contributed by atoms with van der Waals surface area (Å²) in [5.41, 5.74) is 2.01. The average molecular weight is 252 g/mol. The fourth-order valence-electron chi connectivity index (χ4n) is 2.01. The van der Waals surface area contributed by atoms with Crippen molar-refractivity contribution in [1.29, 1.82) is 0 Å². The first-order valence-electron chi connectivity index (χ1n) is 5.72. The molecule has 1 N–H and O–H groups in total. The predicted molar refractivity (Wildman–Crippen MR) is 70.4 cm³/mol. The van der Waals surface area contributed by atoms with Crippen molar-refractivity contribution in [2.45, 2.75) is 25.9 Å². The Morgan fingerprint density at radius 1 is 1.59 bits per heavy atom. The van der Waals surface area contributed by atoms with Crippen molar-refractivity contribution in [2.75, 3.05) is 11.5 Å². The van der Waals surface area contributed by atoms with Crippen molar-refractivity contribution in [3.8, 4) is 0 Å². The third kappa shape index (κ3) is 2.98. The Labute approximate surface area is 105 Å². The molecule has 0 radical (unpaired) electrons. The third-order valence-corrected chi connectivity index (χ3v) is 4.29. The van der Waals surface area contributed by atoms with Gasteiger partial charge in [-0.2, -0.15) is 11.8 Å². The number of benzene rings is 1. The van der Waals surface area contributed by atoms with Gasteiger partial charge < -0.3 is 5.32 Å². The van der Waals surface area contributed by atoms with Crippen LogP contribution < -0.4 is 5.32 Å². The molecule has 1 aliphatic rings. The maximum absolute atomic E-state index is 10.8. The molecule has 1 aromatic carbocycles. The number of rotatable bonds is 4. The molecule has 0 saturated carbocycles. The lowest BCUT2D eigenvalue weighted by Gasteiger charge is -2.12. The highest BCUT2D eigenvalue weighted by Gasteiger charge is 2.17. The van der Waals surface area contributed by atoms with Crippen LogP contribution in [0.2, 0.25) is 0 Å². The second-order valence-electron chi connectivity index (χ2n) is 4.26. The fourth-order valence-corrected chi connectivity index (χ4v) is 3.20. The lowest BCUT2D eigenvalue weighted by Crippen LogP contribution is -2.28. The van der Waals surface area contributed by atoms with E-state index < -0.39 is 0 Å². The van der Waals surface area contributed by atoms with Crippen molar-refractivity contribution in [3.05, 3.63) is 39.4 Å². The minimum absolute atomic E-state index is 0.213. The molecule has 0 bridgehead atoms. The van der Waals surface area contributed by atoms with Gasteiger partial charge in [-0.15, -0.1) is 0 Å². The molecule has 1 atom stereocenters. The van der Waals surface area contributed by atoms with Crippen molar-refractivity contribution in [3.63, 3.8) is 0 Å². The van der Waals surface area contributed by atoms with Gasteiger partial charge in [0.25, 0.3) is 5.69 Å². The Hall–Kier alpha value is -1.07. The summed E-state index contributed by atoms with van der Waals surface area (Å²) in [7, 11) is 0. The molecule has 5 heteroatoms. The molecule has 1 heterocycles. The van der Waals surface area contributed by atoms with Gasteiger partial charge in [0.15, 0.2) is 0 Å². The number of nitro groups is 1. The Balaban J connectivity index is 2.04. The highest BCUT2D eigenvalue weighted by atomic mass is 32.2. The number of nitro benzene ring substituents is 1. The highest BCUT2D eigenvalue weighted by Crippen LogP contribution is 2.22. The third-order valence-electron chi connectivity index (χ3n) is 3.12. The van der Waals surface area contributed by atoms with Crippen LogP contribution in [-0.2, 0) is 6.54 Å². The number of hydrogen-bond acceptors (Lipinski definition) is 4. The molecule has 0 aromatic heterocycles. The lowest BCUT2D eigenvalue weighted by molar-refractivity contribution is -0.385. The van der Waals surface area contributed by atoms with Gasteiger partial charge in [-0.1, -0.05) is 12.1 Å². The minimum Gasteiger partial charge on any atom is -0.309 e. The summed E-state index contributed by atoms with van der Waals surface area (Å²) in [5, 5.41) is 14.3. The van der Waals surface area contributed by atoms with Gasteiger partial charge in [0, 0.05) is 30.0 Å². The zero-order valence-electron chi connectivity index (χ0n) is 9.81. The second-order valence-corrected chi connectivity index (χ2v) is 5.41. The van der Waals surface area contributed by atoms with Gasteiger partial charge in [0.05, 0.1) is 4.92 Å². The van der Waals surface area contributed by atoms with Crippen molar-refractivity contribution in [2.24, 2.45) is 0 Å². The van der Waals surface area contributed by atoms with Crippen LogP contribution in [0.15, 0.2) is 18.2 Å². The van der Waals surface area contributed by atoms with Crippen molar-refractivity contribution >= 4 is 17.4 Å². The number of hydrogen-bond donors (Lipinski definition) is 1. The molecule has 0 spiro atoms. The Morgan fingerprint density at radius 3 is 3.06 bits per heavy atom. The smallest absolute Gasteiger partial charge is 0.272 e. The summed E-state index contributed by atoms with van der Waals surface area (Å²) in [6, 6.07) is 5.83. The summed E-state index contributed by atoms with van der Waals surface area (Å²) in [5.74, 6) is 2.36. The summed E-state index contributed by atoms with van der Waals surface area (Å²) >= 11 is 1.96. The SMILES string of the molecule is Cc1c(CNC2CCSC2)cccc1[N+](=O)[O-]. The molecule has 1 aromatic rings. The second kappa shape index (κ2) is 5.51. The van der Waals surface area contributed by atoms with Gasteiger partial charge in [-0.25, -0.2) is 0 Å². The predicted octanol–water partition coefficient (Wildman–Crippen LogP) is 2.50. The molecule has 0 amide bonds. The molecule has 2 rings (SSSR count). The largest absolute Gasteiger partial charge is 0.309 e. The molecule has 92 valence electrons. The Kier molecular flexibility index (Phi) is 4.02. The summed E-state index contributed by atoms with van der Waals surface area (Å²) < 4.78 is 0. The van der Waals surface area contributed by atoms with Crippen LogP contribution in [0.5, 0.6) is 0 Å². The summed E-state index contributed by atoms with van der Waals surface area (Å²) in [6.45, 7) is 2.54. The zero-order chi connectivity index (χ0) is 12.3. The van der Waals surface area contributed by atoms with Crippen LogP contribution >= 0.6 is 11.8 Å². The van der Waals surface area contributed by atoms with Crippen LogP contribution in [0.3, 0.4) is 0 Å². The van der Waals surface area contributed by atoms with Gasteiger partial charge in [-0.05, 0) is 24.7 Å². The van der Waals surface area contributed by atoms with Gasteiger partial charge in [0.2, 0.25) is 0 Å². The first-order chi connectivity index (χ1) is 8.18. The molecule has 1 fully saturated rings. The van der Waals surface area contributed by atoms with E-state index in [-0.39, 0.29) is 10.6 Å². The van der Waals surface area contributed by atoms with E-state index in [1.165, 1.54) is 12.2 Å². The van der Waals surface area contributed by atoms with E-state index in [0.29, 0.717) is 6.04 Å². The van der Waals surface area contributed by atoms with Crippen LogP contribution in [0.25, 0.3) is 0 Å². The molecule has 1 aliphatic heterocycles. The molecule has 0 aliphatic carbocycles.